The quantitative estimate of drug-likeness (QED) is 0.515. The van der Waals surface area contributed by atoms with E-state index in [0.29, 0.717) is 38.5 Å². The minimum atomic E-state index is -0.212. The van der Waals surface area contributed by atoms with Gasteiger partial charge in [0.2, 0.25) is 0 Å². The van der Waals surface area contributed by atoms with Gasteiger partial charge in [0, 0.05) is 22.4 Å². The highest BCUT2D eigenvalue weighted by Crippen LogP contribution is 2.43. The van der Waals surface area contributed by atoms with Crippen LogP contribution >= 0.6 is 22.7 Å². The topological polar surface area (TPSA) is 118 Å². The molecule has 0 aliphatic heterocycles. The fourth-order valence-electron chi connectivity index (χ4n) is 3.67. The molecule has 6 nitrogen and oxygen atoms in total. The lowest BCUT2D eigenvalue weighted by molar-refractivity contribution is 0.0959. The van der Waals surface area contributed by atoms with Gasteiger partial charge in [-0.3, -0.25) is 4.79 Å². The maximum absolute atomic E-state index is 12.8. The number of pyridine rings is 1. The van der Waals surface area contributed by atoms with Crippen LogP contribution in [-0.2, 0) is 0 Å². The lowest BCUT2D eigenvalue weighted by Crippen LogP contribution is -2.24. The molecule has 1 aliphatic carbocycles. The van der Waals surface area contributed by atoms with Crippen LogP contribution in [0.25, 0.3) is 20.7 Å². The number of allylic oxidation sites excluding steroid dienone is 1. The molecular weight excluding hydrogens is 402 g/mol. The molecule has 1 amide bonds. The lowest BCUT2D eigenvalue weighted by Gasteiger charge is -2.12. The molecule has 0 spiro atoms. The van der Waals surface area contributed by atoms with Crippen LogP contribution < -0.4 is 16.8 Å². The van der Waals surface area contributed by atoms with Crippen LogP contribution in [0.1, 0.15) is 47.3 Å². The third-order valence-electron chi connectivity index (χ3n) is 5.11. The summed E-state index contributed by atoms with van der Waals surface area (Å²) in [5, 5.41) is 15.1. The van der Waals surface area contributed by atoms with Gasteiger partial charge in [0.05, 0.1) is 5.69 Å². The predicted octanol–water partition coefficient (Wildman–Crippen LogP) is 4.68. The van der Waals surface area contributed by atoms with Crippen LogP contribution in [0.4, 0.5) is 11.5 Å². The van der Waals surface area contributed by atoms with E-state index < -0.39 is 0 Å². The minimum absolute atomic E-state index is 0.154. The van der Waals surface area contributed by atoms with Gasteiger partial charge in [-0.15, -0.1) is 22.7 Å². The number of hydrogen-bond acceptors (Lipinski definition) is 7. The molecule has 8 heteroatoms. The summed E-state index contributed by atoms with van der Waals surface area (Å²) in [4.78, 5) is 19.0. The Morgan fingerprint density at radius 3 is 2.90 bits per heavy atom. The number of nitrogen functional groups attached to an aromatic ring is 2. The summed E-state index contributed by atoms with van der Waals surface area (Å²) in [6.45, 7) is 0.579. The highest BCUT2D eigenvalue weighted by molar-refractivity contribution is 7.21. The van der Waals surface area contributed by atoms with Gasteiger partial charge in [-0.1, -0.05) is 17.7 Å². The molecular formula is C21H21N5OS2. The number of hydrogen-bond donors (Lipinski definition) is 3. The summed E-state index contributed by atoms with van der Waals surface area (Å²) in [7, 11) is 0. The van der Waals surface area contributed by atoms with Crippen LogP contribution in [0.15, 0.2) is 29.2 Å². The number of rotatable bonds is 5. The van der Waals surface area contributed by atoms with Gasteiger partial charge < -0.3 is 16.8 Å². The van der Waals surface area contributed by atoms with Crippen LogP contribution in [0.2, 0.25) is 0 Å². The number of carbonyl (C=O) groups is 1. The monoisotopic (exact) mass is 423 g/mol. The van der Waals surface area contributed by atoms with Crippen molar-refractivity contribution in [1.29, 1.82) is 5.26 Å². The molecule has 0 fully saturated rings. The smallest absolute Gasteiger partial charge is 0.263 e. The number of nitrogens with zero attached hydrogens (tertiary/aromatic N) is 2. The van der Waals surface area contributed by atoms with Crippen molar-refractivity contribution in [2.75, 3.05) is 18.0 Å². The molecule has 3 heterocycles. The van der Waals surface area contributed by atoms with E-state index in [1.165, 1.54) is 41.1 Å². The van der Waals surface area contributed by atoms with Crippen LogP contribution in [0.5, 0.6) is 0 Å². The van der Waals surface area contributed by atoms with Crippen molar-refractivity contribution in [1.82, 2.24) is 10.3 Å². The van der Waals surface area contributed by atoms with Crippen molar-refractivity contribution in [3.05, 3.63) is 39.6 Å². The second-order valence-electron chi connectivity index (χ2n) is 6.98. The minimum Gasteiger partial charge on any atom is -0.397 e. The van der Waals surface area contributed by atoms with E-state index in [9.17, 15) is 10.1 Å². The summed E-state index contributed by atoms with van der Waals surface area (Å²) in [6, 6.07) is 5.96. The normalized spacial score (nSPS) is 13.8. The molecule has 148 valence electrons. The molecule has 0 aromatic carbocycles. The zero-order valence-electron chi connectivity index (χ0n) is 15.8. The molecule has 0 radical (unpaired) electrons. The summed E-state index contributed by atoms with van der Waals surface area (Å²) in [5.41, 5.74) is 15.1. The Morgan fingerprint density at radius 1 is 1.34 bits per heavy atom. The zero-order chi connectivity index (χ0) is 20.4. The number of thiophene rings is 2. The van der Waals surface area contributed by atoms with E-state index in [-0.39, 0.29) is 11.7 Å². The average molecular weight is 424 g/mol. The molecule has 3 aromatic heterocycles. The maximum atomic E-state index is 12.8. The van der Waals surface area contributed by atoms with Crippen molar-refractivity contribution in [3.63, 3.8) is 0 Å². The third kappa shape index (κ3) is 3.71. The van der Waals surface area contributed by atoms with E-state index in [1.807, 2.05) is 17.5 Å². The number of amides is 1. The Bertz CT molecular complexity index is 1140. The fraction of sp³-hybridized carbons (Fsp3) is 0.286. The first-order valence-electron chi connectivity index (χ1n) is 9.51. The van der Waals surface area contributed by atoms with Crippen LogP contribution in [-0.4, -0.2) is 17.4 Å². The molecule has 5 N–H and O–H groups in total. The highest BCUT2D eigenvalue weighted by Gasteiger charge is 2.24. The van der Waals surface area contributed by atoms with Gasteiger partial charge in [-0.05, 0) is 43.6 Å². The largest absolute Gasteiger partial charge is 0.397 e. The molecule has 0 atom stereocenters. The average Bonchev–Trinajstić information content (AvgIpc) is 3.36. The lowest BCUT2D eigenvalue weighted by atomic mass is 9.97. The van der Waals surface area contributed by atoms with Crippen molar-refractivity contribution < 1.29 is 4.79 Å². The molecule has 0 unspecified atom stereocenters. The number of nitriles is 1. The van der Waals surface area contributed by atoms with Gasteiger partial charge in [-0.25, -0.2) is 4.98 Å². The molecule has 1 aliphatic rings. The number of nitrogens with two attached hydrogens (primary N) is 2. The van der Waals surface area contributed by atoms with Crippen molar-refractivity contribution in [2.45, 2.75) is 32.1 Å². The second-order valence-corrected chi connectivity index (χ2v) is 8.92. The number of anilines is 2. The summed E-state index contributed by atoms with van der Waals surface area (Å²) < 4.78 is 0. The second kappa shape index (κ2) is 8.23. The van der Waals surface area contributed by atoms with Gasteiger partial charge >= 0.3 is 0 Å². The molecule has 29 heavy (non-hydrogen) atoms. The predicted molar refractivity (Wildman–Crippen MR) is 120 cm³/mol. The highest BCUT2D eigenvalue weighted by atomic mass is 32.1. The summed E-state index contributed by atoms with van der Waals surface area (Å²) in [6.07, 6.45) is 7.87. The number of fused-ring (bicyclic) bond motifs is 1. The summed E-state index contributed by atoms with van der Waals surface area (Å²) >= 11 is 2.71. The Balaban J connectivity index is 1.67. The zero-order valence-corrected chi connectivity index (χ0v) is 17.5. The first-order valence-corrected chi connectivity index (χ1v) is 11.2. The summed E-state index contributed by atoms with van der Waals surface area (Å²) in [5.74, 6) is -0.0584. The fourth-order valence-corrected chi connectivity index (χ4v) is 5.48. The SMILES string of the molecule is N#Cc1c(N)nc2sc(C(=O)NCCC3=CCCCC3)c(N)c2c1-c1cccs1. The Hall–Kier alpha value is -2.89. The standard InChI is InChI=1S/C21H21N5OS2/c22-11-13-15(14-7-4-10-28-14)16-17(23)18(29-21(16)26-19(13)24)20(27)25-9-8-12-5-2-1-3-6-12/h4-5,7,10H,1-3,6,8-9,23H2,(H2,24,26)(H,25,27). The number of nitrogens with one attached hydrogen (secondary N) is 1. The van der Waals surface area contributed by atoms with Crippen LogP contribution in [0.3, 0.4) is 0 Å². The third-order valence-corrected chi connectivity index (χ3v) is 7.09. The van der Waals surface area contributed by atoms with E-state index in [0.717, 1.165) is 24.1 Å². The van der Waals surface area contributed by atoms with Crippen molar-refractivity contribution in [3.8, 4) is 16.5 Å². The first-order chi connectivity index (χ1) is 14.1. The molecule has 0 saturated heterocycles. The van der Waals surface area contributed by atoms with E-state index in [4.69, 9.17) is 11.5 Å². The van der Waals surface area contributed by atoms with Gasteiger partial charge in [0.25, 0.3) is 5.91 Å². The Kier molecular flexibility index (Phi) is 5.51. The Labute approximate surface area is 176 Å². The molecule has 3 aromatic rings. The number of aromatic nitrogens is 1. The molecule has 4 rings (SSSR count). The maximum Gasteiger partial charge on any atom is 0.263 e. The molecule has 0 saturated carbocycles. The van der Waals surface area contributed by atoms with E-state index in [1.54, 1.807) is 0 Å². The van der Waals surface area contributed by atoms with Crippen molar-refractivity contribution >= 4 is 50.3 Å². The number of carbonyl (C=O) groups excluding carboxylic acids is 1. The Morgan fingerprint density at radius 2 is 2.21 bits per heavy atom. The first kappa shape index (κ1) is 19.4. The van der Waals surface area contributed by atoms with Gasteiger partial charge in [-0.2, -0.15) is 5.26 Å². The van der Waals surface area contributed by atoms with Crippen LogP contribution in [0, 0.1) is 11.3 Å². The van der Waals surface area contributed by atoms with Gasteiger partial charge in [0.15, 0.2) is 0 Å². The van der Waals surface area contributed by atoms with Gasteiger partial charge in [0.1, 0.15) is 27.2 Å². The van der Waals surface area contributed by atoms with E-state index >= 15 is 0 Å². The van der Waals surface area contributed by atoms with E-state index in [2.05, 4.69) is 22.4 Å². The molecule has 0 bridgehead atoms. The van der Waals surface area contributed by atoms with Crippen molar-refractivity contribution in [2.24, 2.45) is 0 Å².